The van der Waals surface area contributed by atoms with Gasteiger partial charge in [-0.1, -0.05) is 20.3 Å². The van der Waals surface area contributed by atoms with Gasteiger partial charge < -0.3 is 15.4 Å². The first kappa shape index (κ1) is 16.6. The minimum Gasteiger partial charge on any atom is -0.381 e. The Morgan fingerprint density at radius 3 is 2.58 bits per heavy atom. The molecule has 0 radical (unpaired) electrons. The van der Waals surface area contributed by atoms with E-state index >= 15 is 0 Å². The number of thioether (sulfide) groups is 1. The van der Waals surface area contributed by atoms with Gasteiger partial charge in [0.25, 0.3) is 0 Å². The Labute approximate surface area is 122 Å². The number of rotatable bonds is 7. The van der Waals surface area contributed by atoms with E-state index in [0.29, 0.717) is 4.75 Å². The number of nitrogens with zero attached hydrogens (tertiary/aromatic N) is 1. The number of hydrogen-bond acceptors (Lipinski definition) is 3. The van der Waals surface area contributed by atoms with Crippen LogP contribution >= 0.6 is 11.8 Å². The molecule has 0 bridgehead atoms. The van der Waals surface area contributed by atoms with E-state index in [4.69, 9.17) is 4.74 Å². The number of unbranched alkanes of at least 4 members (excludes halogenated alkanes) is 1. The van der Waals surface area contributed by atoms with Gasteiger partial charge in [0.1, 0.15) is 0 Å². The first-order valence-corrected chi connectivity index (χ1v) is 8.41. The zero-order valence-electron chi connectivity index (χ0n) is 12.6. The van der Waals surface area contributed by atoms with Crippen LogP contribution in [0.25, 0.3) is 0 Å². The van der Waals surface area contributed by atoms with Crippen LogP contribution in [-0.2, 0) is 4.74 Å². The summed E-state index contributed by atoms with van der Waals surface area (Å²) in [4.78, 5) is 4.29. The number of aliphatic imine (C=N–C) groups is 1. The zero-order valence-corrected chi connectivity index (χ0v) is 13.4. The molecule has 2 N–H and O–H groups in total. The SMILES string of the molecule is CCCCNC(=NC)NCC1(SCC)CCOCC1. The molecule has 0 spiro atoms. The van der Waals surface area contributed by atoms with Crippen molar-refractivity contribution >= 4 is 17.7 Å². The fourth-order valence-corrected chi connectivity index (χ4v) is 3.51. The molecule has 1 fully saturated rings. The van der Waals surface area contributed by atoms with Gasteiger partial charge in [-0.3, -0.25) is 4.99 Å². The van der Waals surface area contributed by atoms with Crippen molar-refractivity contribution in [3.8, 4) is 0 Å². The van der Waals surface area contributed by atoms with Gasteiger partial charge in [0.05, 0.1) is 0 Å². The van der Waals surface area contributed by atoms with Crippen LogP contribution in [0.2, 0.25) is 0 Å². The lowest BCUT2D eigenvalue weighted by molar-refractivity contribution is 0.0782. The van der Waals surface area contributed by atoms with E-state index in [2.05, 4.69) is 41.2 Å². The lowest BCUT2D eigenvalue weighted by Crippen LogP contribution is -2.48. The maximum absolute atomic E-state index is 5.50. The monoisotopic (exact) mass is 287 g/mol. The Morgan fingerprint density at radius 2 is 2.00 bits per heavy atom. The van der Waals surface area contributed by atoms with Crippen molar-refractivity contribution in [1.82, 2.24) is 10.6 Å². The summed E-state index contributed by atoms with van der Waals surface area (Å²) in [6, 6.07) is 0. The summed E-state index contributed by atoms with van der Waals surface area (Å²) in [6.07, 6.45) is 4.65. The lowest BCUT2D eigenvalue weighted by atomic mass is 9.99. The highest BCUT2D eigenvalue weighted by atomic mass is 32.2. The van der Waals surface area contributed by atoms with E-state index in [1.807, 2.05) is 7.05 Å². The standard InChI is InChI=1S/C14H29N3OS/c1-4-6-9-16-13(15-3)17-12-14(19-5-2)7-10-18-11-8-14/h4-12H2,1-3H3,(H2,15,16,17). The quantitative estimate of drug-likeness (QED) is 0.428. The molecule has 0 aromatic carbocycles. The number of ether oxygens (including phenoxy) is 1. The minimum atomic E-state index is 0.315. The Kier molecular flexibility index (Phi) is 8.30. The van der Waals surface area contributed by atoms with Crippen molar-refractivity contribution in [3.05, 3.63) is 0 Å². The molecule has 112 valence electrons. The third kappa shape index (κ3) is 6.04. The predicted octanol–water partition coefficient (Wildman–Crippen LogP) is 2.25. The molecule has 0 aromatic rings. The molecule has 1 rings (SSSR count). The minimum absolute atomic E-state index is 0.315. The Balaban J connectivity index is 2.41. The highest BCUT2D eigenvalue weighted by Gasteiger charge is 2.32. The second-order valence-corrected chi connectivity index (χ2v) is 6.67. The molecule has 1 aliphatic rings. The van der Waals surface area contributed by atoms with E-state index < -0.39 is 0 Å². The summed E-state index contributed by atoms with van der Waals surface area (Å²) in [5, 5.41) is 6.85. The topological polar surface area (TPSA) is 45.7 Å². The molecule has 0 amide bonds. The second-order valence-electron chi connectivity index (χ2n) is 4.93. The van der Waals surface area contributed by atoms with Crippen LogP contribution in [0.3, 0.4) is 0 Å². The third-order valence-electron chi connectivity index (χ3n) is 3.48. The molecule has 0 saturated carbocycles. The highest BCUT2D eigenvalue weighted by Crippen LogP contribution is 2.34. The Bertz CT molecular complexity index is 260. The van der Waals surface area contributed by atoms with Crippen molar-refractivity contribution < 1.29 is 4.74 Å². The molecule has 1 heterocycles. The molecule has 5 heteroatoms. The summed E-state index contributed by atoms with van der Waals surface area (Å²) in [6.45, 7) is 8.17. The summed E-state index contributed by atoms with van der Waals surface area (Å²) >= 11 is 2.06. The summed E-state index contributed by atoms with van der Waals surface area (Å²) in [7, 11) is 1.84. The fourth-order valence-electron chi connectivity index (χ4n) is 2.27. The van der Waals surface area contributed by atoms with Crippen molar-refractivity contribution in [3.63, 3.8) is 0 Å². The van der Waals surface area contributed by atoms with Crippen LogP contribution in [0.4, 0.5) is 0 Å². The second kappa shape index (κ2) is 9.48. The Hall–Kier alpha value is -0.420. The fraction of sp³-hybridized carbons (Fsp3) is 0.929. The van der Waals surface area contributed by atoms with Crippen molar-refractivity contribution in [2.24, 2.45) is 4.99 Å². The van der Waals surface area contributed by atoms with Crippen molar-refractivity contribution in [2.45, 2.75) is 44.3 Å². The molecule has 0 unspecified atom stereocenters. The third-order valence-corrected chi connectivity index (χ3v) is 4.93. The number of hydrogen-bond donors (Lipinski definition) is 2. The number of nitrogens with one attached hydrogen (secondary N) is 2. The van der Waals surface area contributed by atoms with Gasteiger partial charge in [-0.15, -0.1) is 0 Å². The van der Waals surface area contributed by atoms with Crippen molar-refractivity contribution in [2.75, 3.05) is 39.1 Å². The molecular formula is C14H29N3OS. The average Bonchev–Trinajstić information content (AvgIpc) is 2.44. The van der Waals surface area contributed by atoms with Crippen LogP contribution in [0, 0.1) is 0 Å². The lowest BCUT2D eigenvalue weighted by Gasteiger charge is -2.37. The summed E-state index contributed by atoms with van der Waals surface area (Å²) in [5.41, 5.74) is 0. The van der Waals surface area contributed by atoms with Crippen LogP contribution in [-0.4, -0.2) is 49.8 Å². The predicted molar refractivity (Wildman–Crippen MR) is 85.2 cm³/mol. The van der Waals surface area contributed by atoms with E-state index in [1.165, 1.54) is 12.8 Å². The van der Waals surface area contributed by atoms with Crippen LogP contribution in [0.15, 0.2) is 4.99 Å². The van der Waals surface area contributed by atoms with Gasteiger partial charge in [0.15, 0.2) is 5.96 Å². The molecule has 19 heavy (non-hydrogen) atoms. The molecule has 0 atom stereocenters. The molecule has 1 aliphatic heterocycles. The summed E-state index contributed by atoms with van der Waals surface area (Å²) in [5.74, 6) is 2.08. The highest BCUT2D eigenvalue weighted by molar-refractivity contribution is 8.00. The molecule has 1 saturated heterocycles. The van der Waals surface area contributed by atoms with Crippen molar-refractivity contribution in [1.29, 1.82) is 0 Å². The molecule has 0 aromatic heterocycles. The van der Waals surface area contributed by atoms with Crippen LogP contribution < -0.4 is 10.6 Å². The maximum Gasteiger partial charge on any atom is 0.191 e. The van der Waals surface area contributed by atoms with E-state index in [9.17, 15) is 0 Å². The molecule has 4 nitrogen and oxygen atoms in total. The van der Waals surface area contributed by atoms with E-state index in [-0.39, 0.29) is 0 Å². The van der Waals surface area contributed by atoms with Gasteiger partial charge in [-0.2, -0.15) is 11.8 Å². The van der Waals surface area contributed by atoms with Gasteiger partial charge >= 0.3 is 0 Å². The van der Waals surface area contributed by atoms with E-state index in [0.717, 1.165) is 50.9 Å². The van der Waals surface area contributed by atoms with Crippen LogP contribution in [0.5, 0.6) is 0 Å². The smallest absolute Gasteiger partial charge is 0.191 e. The zero-order chi connectivity index (χ0) is 14.0. The summed E-state index contributed by atoms with van der Waals surface area (Å²) < 4.78 is 5.81. The van der Waals surface area contributed by atoms with Gasteiger partial charge in [0, 0.05) is 38.1 Å². The van der Waals surface area contributed by atoms with Crippen LogP contribution in [0.1, 0.15) is 39.5 Å². The van der Waals surface area contributed by atoms with Gasteiger partial charge in [0.2, 0.25) is 0 Å². The Morgan fingerprint density at radius 1 is 1.26 bits per heavy atom. The number of guanidine groups is 1. The maximum atomic E-state index is 5.50. The average molecular weight is 287 g/mol. The first-order chi connectivity index (χ1) is 9.26. The first-order valence-electron chi connectivity index (χ1n) is 7.42. The van der Waals surface area contributed by atoms with E-state index in [1.54, 1.807) is 0 Å². The largest absolute Gasteiger partial charge is 0.381 e. The van der Waals surface area contributed by atoms with Gasteiger partial charge in [-0.05, 0) is 25.0 Å². The molecule has 0 aliphatic carbocycles. The normalized spacial score (nSPS) is 19.2. The molecular weight excluding hydrogens is 258 g/mol. The van der Waals surface area contributed by atoms with Gasteiger partial charge in [-0.25, -0.2) is 0 Å².